The van der Waals surface area contributed by atoms with Gasteiger partial charge in [0.15, 0.2) is 0 Å². The van der Waals surface area contributed by atoms with E-state index in [0.717, 1.165) is 56.1 Å². The molecule has 0 spiro atoms. The Morgan fingerprint density at radius 2 is 1.88 bits per heavy atom. The third-order valence-corrected chi connectivity index (χ3v) is 6.06. The lowest BCUT2D eigenvalue weighted by Gasteiger charge is -2.30. The highest BCUT2D eigenvalue weighted by atomic mass is 16.5. The third-order valence-electron chi connectivity index (χ3n) is 6.06. The summed E-state index contributed by atoms with van der Waals surface area (Å²) in [7, 11) is 0. The minimum Gasteiger partial charge on any atom is -0.481 e. The maximum atomic E-state index is 10.5. The van der Waals surface area contributed by atoms with Crippen molar-refractivity contribution in [3.8, 4) is 0 Å². The highest BCUT2D eigenvalue weighted by Gasteiger charge is 2.46. The molecule has 2 fully saturated rings. The van der Waals surface area contributed by atoms with E-state index < -0.39 is 5.97 Å². The molecule has 138 valence electrons. The van der Waals surface area contributed by atoms with Crippen LogP contribution in [0.2, 0.25) is 0 Å². The summed E-state index contributed by atoms with van der Waals surface area (Å²) in [5.41, 5.74) is 0. The van der Waals surface area contributed by atoms with E-state index in [9.17, 15) is 4.79 Å². The fourth-order valence-electron chi connectivity index (χ4n) is 4.75. The molecule has 0 aromatic carbocycles. The molecule has 2 bridgehead atoms. The van der Waals surface area contributed by atoms with E-state index in [4.69, 9.17) is 9.84 Å². The van der Waals surface area contributed by atoms with Gasteiger partial charge in [-0.2, -0.15) is 0 Å². The second kappa shape index (κ2) is 10.9. The molecule has 0 aromatic rings. The molecule has 0 amide bonds. The van der Waals surface area contributed by atoms with E-state index in [1.807, 2.05) is 0 Å². The summed E-state index contributed by atoms with van der Waals surface area (Å²) in [5.74, 6) is 2.68. The summed E-state index contributed by atoms with van der Waals surface area (Å²) in [6, 6.07) is 0. The minimum atomic E-state index is -0.687. The highest BCUT2D eigenvalue weighted by molar-refractivity contribution is 5.66. The van der Waals surface area contributed by atoms with Crippen LogP contribution in [-0.4, -0.2) is 24.3 Å². The molecule has 0 aromatic heterocycles. The van der Waals surface area contributed by atoms with Crippen LogP contribution in [0.4, 0.5) is 0 Å². The van der Waals surface area contributed by atoms with E-state index in [1.54, 1.807) is 0 Å². The molecule has 0 radical (unpaired) electrons. The van der Waals surface area contributed by atoms with Crippen molar-refractivity contribution in [3.05, 3.63) is 12.2 Å². The monoisotopic (exact) mass is 336 g/mol. The molecule has 3 nitrogen and oxygen atoms in total. The predicted molar refractivity (Wildman–Crippen MR) is 98.0 cm³/mol. The number of allylic oxidation sites excluding steroid dienone is 2. The van der Waals surface area contributed by atoms with E-state index in [1.165, 1.54) is 44.9 Å². The quantitative estimate of drug-likeness (QED) is 0.359. The predicted octanol–water partition coefficient (Wildman–Crippen LogP) is 5.45. The molecule has 4 atom stereocenters. The normalized spacial score (nSPS) is 28.9. The number of hydrogen-bond donors (Lipinski definition) is 1. The molecular formula is C21H36O3. The van der Waals surface area contributed by atoms with Gasteiger partial charge >= 0.3 is 5.97 Å². The number of unbranched alkanes of at least 4 members (excludes halogenated alkanes) is 4. The summed E-state index contributed by atoms with van der Waals surface area (Å²) < 4.78 is 6.03. The number of carboxylic acids is 1. The number of carbonyl (C=O) groups is 1. The Hall–Kier alpha value is -0.830. The van der Waals surface area contributed by atoms with Crippen molar-refractivity contribution >= 4 is 5.97 Å². The Kier molecular flexibility index (Phi) is 8.87. The summed E-state index contributed by atoms with van der Waals surface area (Å²) in [5, 5.41) is 8.66. The number of hydrogen-bond acceptors (Lipinski definition) is 2. The highest BCUT2D eigenvalue weighted by Crippen LogP contribution is 2.53. The lowest BCUT2D eigenvalue weighted by atomic mass is 9.78. The Balaban J connectivity index is 1.65. The standard InChI is InChI=1S/C21H36O3/c1-2-3-4-9-14-24-16-20-18-13-12-17(15-18)19(20)10-7-5-6-8-11-21(22)23/h5,7,17-20H,2-4,6,8-16H2,1H3,(H,22,23)/b7-5-/t17-,18+,19-,20+/m0/s1. The van der Waals surface area contributed by atoms with Crippen LogP contribution in [0.5, 0.6) is 0 Å². The molecule has 2 saturated carbocycles. The molecule has 24 heavy (non-hydrogen) atoms. The molecule has 0 unspecified atom stereocenters. The van der Waals surface area contributed by atoms with E-state index in [0.29, 0.717) is 0 Å². The van der Waals surface area contributed by atoms with Crippen LogP contribution in [0.1, 0.15) is 77.6 Å². The van der Waals surface area contributed by atoms with Gasteiger partial charge in [-0.1, -0.05) is 38.3 Å². The van der Waals surface area contributed by atoms with Gasteiger partial charge < -0.3 is 9.84 Å². The minimum absolute atomic E-state index is 0.285. The summed E-state index contributed by atoms with van der Waals surface area (Å²) >= 11 is 0. The average Bonchev–Trinajstić information content (AvgIpc) is 3.15. The molecule has 0 heterocycles. The summed E-state index contributed by atoms with van der Waals surface area (Å²) in [6.45, 7) is 4.15. The van der Waals surface area contributed by atoms with Crippen molar-refractivity contribution in [1.82, 2.24) is 0 Å². The smallest absolute Gasteiger partial charge is 0.303 e. The molecule has 2 aliphatic carbocycles. The van der Waals surface area contributed by atoms with Gasteiger partial charge in [0.2, 0.25) is 0 Å². The van der Waals surface area contributed by atoms with Gasteiger partial charge in [-0.3, -0.25) is 4.79 Å². The average molecular weight is 337 g/mol. The second-order valence-electron chi connectivity index (χ2n) is 7.79. The van der Waals surface area contributed by atoms with Gasteiger partial charge in [0.05, 0.1) is 0 Å². The number of carboxylic acid groups (broad SMARTS) is 1. The van der Waals surface area contributed by atoms with Gasteiger partial charge in [-0.05, 0) is 68.6 Å². The van der Waals surface area contributed by atoms with Gasteiger partial charge in [0.1, 0.15) is 0 Å². The van der Waals surface area contributed by atoms with E-state index in [-0.39, 0.29) is 6.42 Å². The van der Waals surface area contributed by atoms with Crippen molar-refractivity contribution in [3.63, 3.8) is 0 Å². The van der Waals surface area contributed by atoms with Gasteiger partial charge in [0.25, 0.3) is 0 Å². The van der Waals surface area contributed by atoms with Crippen LogP contribution in [0, 0.1) is 23.7 Å². The fourth-order valence-corrected chi connectivity index (χ4v) is 4.75. The number of rotatable bonds is 13. The van der Waals surface area contributed by atoms with Crippen LogP contribution in [-0.2, 0) is 9.53 Å². The maximum absolute atomic E-state index is 10.5. The van der Waals surface area contributed by atoms with Crippen molar-refractivity contribution in [1.29, 1.82) is 0 Å². The first-order chi connectivity index (χ1) is 11.7. The Labute approximate surface area is 147 Å². The summed E-state index contributed by atoms with van der Waals surface area (Å²) in [4.78, 5) is 10.5. The number of fused-ring (bicyclic) bond motifs is 2. The molecule has 0 saturated heterocycles. The fraction of sp³-hybridized carbons (Fsp3) is 0.857. The van der Waals surface area contributed by atoms with Crippen molar-refractivity contribution in [2.75, 3.05) is 13.2 Å². The zero-order chi connectivity index (χ0) is 17.2. The molecular weight excluding hydrogens is 300 g/mol. The second-order valence-corrected chi connectivity index (χ2v) is 7.79. The van der Waals surface area contributed by atoms with Crippen molar-refractivity contribution in [2.45, 2.75) is 77.6 Å². The van der Waals surface area contributed by atoms with Gasteiger partial charge in [-0.25, -0.2) is 0 Å². The molecule has 2 aliphatic rings. The number of ether oxygens (including phenoxy) is 1. The zero-order valence-corrected chi connectivity index (χ0v) is 15.4. The topological polar surface area (TPSA) is 46.5 Å². The largest absolute Gasteiger partial charge is 0.481 e. The van der Waals surface area contributed by atoms with Gasteiger partial charge in [-0.15, -0.1) is 0 Å². The zero-order valence-electron chi connectivity index (χ0n) is 15.4. The van der Waals surface area contributed by atoms with E-state index in [2.05, 4.69) is 19.1 Å². The van der Waals surface area contributed by atoms with Crippen LogP contribution >= 0.6 is 0 Å². The van der Waals surface area contributed by atoms with Crippen LogP contribution in [0.15, 0.2) is 12.2 Å². The summed E-state index contributed by atoms with van der Waals surface area (Å²) in [6.07, 6.45) is 17.0. The Morgan fingerprint density at radius 3 is 2.62 bits per heavy atom. The lowest BCUT2D eigenvalue weighted by Crippen LogP contribution is -2.26. The lowest BCUT2D eigenvalue weighted by molar-refractivity contribution is -0.137. The SMILES string of the molecule is CCCCCCOC[C@@H]1[C@@H]2CC[C@@H](C2)[C@@H]1C/C=C\CCCC(=O)O. The molecule has 3 heteroatoms. The van der Waals surface area contributed by atoms with Crippen molar-refractivity contribution < 1.29 is 14.6 Å². The Morgan fingerprint density at radius 1 is 1.08 bits per heavy atom. The first-order valence-electron chi connectivity index (χ1n) is 10.2. The van der Waals surface area contributed by atoms with Gasteiger partial charge in [0, 0.05) is 19.6 Å². The first kappa shape index (κ1) is 19.5. The molecule has 1 N–H and O–H groups in total. The Bertz CT molecular complexity index is 391. The van der Waals surface area contributed by atoms with Crippen LogP contribution in [0.3, 0.4) is 0 Å². The molecule has 2 rings (SSSR count). The maximum Gasteiger partial charge on any atom is 0.303 e. The molecule has 0 aliphatic heterocycles. The van der Waals surface area contributed by atoms with E-state index >= 15 is 0 Å². The van der Waals surface area contributed by atoms with Crippen molar-refractivity contribution in [2.24, 2.45) is 23.7 Å². The number of aliphatic carboxylic acids is 1. The van der Waals surface area contributed by atoms with Crippen LogP contribution in [0.25, 0.3) is 0 Å². The van der Waals surface area contributed by atoms with Crippen LogP contribution < -0.4 is 0 Å². The third kappa shape index (κ3) is 6.23. The first-order valence-corrected chi connectivity index (χ1v) is 10.2.